The summed E-state index contributed by atoms with van der Waals surface area (Å²) >= 11 is 3.45. The van der Waals surface area contributed by atoms with E-state index < -0.39 is 17.8 Å². The number of anilines is 1. The Kier molecular flexibility index (Phi) is 5.91. The summed E-state index contributed by atoms with van der Waals surface area (Å²) in [6, 6.07) is 11.3. The van der Waals surface area contributed by atoms with E-state index in [0.29, 0.717) is 17.1 Å². The number of esters is 1. The number of methoxy groups -OCH3 is 3. The quantitative estimate of drug-likeness (QED) is 0.403. The Morgan fingerprint density at radius 1 is 1.06 bits per heavy atom. The van der Waals surface area contributed by atoms with Gasteiger partial charge < -0.3 is 19.5 Å². The molecule has 2 heterocycles. The molecule has 1 aliphatic rings. The zero-order chi connectivity index (χ0) is 22.8. The third-order valence-corrected chi connectivity index (χ3v) is 5.45. The second kappa shape index (κ2) is 8.79. The standard InChI is InChI=1S/C21H18BrN5O5/c1-30-14-8-7-12(10-15(14)31-2)19(28)16-17(20(29)32-3)23-21-24-25-26-27(21)18(16)11-5-4-6-13(22)9-11/h4-10,18H,1-3H3,(H,23,24,26)/t18-/m1/s1. The topological polar surface area (TPSA) is 117 Å². The van der Waals surface area contributed by atoms with E-state index in [-0.39, 0.29) is 22.8 Å². The average Bonchev–Trinajstić information content (AvgIpc) is 3.29. The van der Waals surface area contributed by atoms with Gasteiger partial charge in [0, 0.05) is 10.0 Å². The van der Waals surface area contributed by atoms with Crippen LogP contribution < -0.4 is 14.8 Å². The van der Waals surface area contributed by atoms with Gasteiger partial charge in [-0.05, 0) is 46.3 Å². The molecule has 0 aliphatic carbocycles. The van der Waals surface area contributed by atoms with Gasteiger partial charge in [-0.15, -0.1) is 0 Å². The molecule has 164 valence electrons. The largest absolute Gasteiger partial charge is 0.493 e. The highest BCUT2D eigenvalue weighted by Crippen LogP contribution is 2.38. The van der Waals surface area contributed by atoms with Crippen molar-refractivity contribution in [3.8, 4) is 11.5 Å². The van der Waals surface area contributed by atoms with E-state index in [1.807, 2.05) is 24.3 Å². The van der Waals surface area contributed by atoms with Crippen molar-refractivity contribution in [3.05, 3.63) is 69.3 Å². The minimum atomic E-state index is -0.784. The number of aromatic nitrogens is 4. The van der Waals surface area contributed by atoms with Gasteiger partial charge in [0.2, 0.25) is 5.95 Å². The number of rotatable bonds is 6. The first kappa shape index (κ1) is 21.5. The van der Waals surface area contributed by atoms with Crippen molar-refractivity contribution in [2.75, 3.05) is 26.6 Å². The minimum Gasteiger partial charge on any atom is -0.493 e. The van der Waals surface area contributed by atoms with Crippen molar-refractivity contribution in [1.82, 2.24) is 20.2 Å². The molecule has 0 unspecified atom stereocenters. The number of carbonyl (C=O) groups is 2. The van der Waals surface area contributed by atoms with Crippen molar-refractivity contribution < 1.29 is 23.8 Å². The number of tetrazole rings is 1. The molecule has 1 N–H and O–H groups in total. The van der Waals surface area contributed by atoms with Gasteiger partial charge in [-0.25, -0.2) is 4.79 Å². The Hall–Kier alpha value is -3.73. The lowest BCUT2D eigenvalue weighted by molar-refractivity contribution is -0.136. The van der Waals surface area contributed by atoms with Gasteiger partial charge in [0.15, 0.2) is 17.3 Å². The fraction of sp³-hybridized carbons (Fsp3) is 0.190. The summed E-state index contributed by atoms with van der Waals surface area (Å²) in [6.07, 6.45) is 0. The molecule has 0 saturated heterocycles. The smallest absolute Gasteiger partial charge is 0.355 e. The fourth-order valence-electron chi connectivity index (χ4n) is 3.51. The highest BCUT2D eigenvalue weighted by Gasteiger charge is 2.38. The molecule has 4 rings (SSSR count). The molecule has 10 nitrogen and oxygen atoms in total. The van der Waals surface area contributed by atoms with Crippen LogP contribution in [0.4, 0.5) is 5.95 Å². The SMILES string of the molecule is COC(=O)C1=C(C(=O)c2ccc(OC)c(OC)c2)[C@@H](c2cccc(Br)c2)n2nnnc2N1. The normalized spacial score (nSPS) is 14.9. The molecule has 1 aliphatic heterocycles. The predicted octanol–water partition coefficient (Wildman–Crippen LogP) is 2.78. The van der Waals surface area contributed by atoms with Gasteiger partial charge in [0.25, 0.3) is 0 Å². The molecule has 0 fully saturated rings. The van der Waals surface area contributed by atoms with E-state index in [1.165, 1.54) is 26.0 Å². The average molecular weight is 500 g/mol. The minimum absolute atomic E-state index is 0.0421. The van der Waals surface area contributed by atoms with Gasteiger partial charge in [-0.1, -0.05) is 33.2 Å². The van der Waals surface area contributed by atoms with Gasteiger partial charge >= 0.3 is 5.97 Å². The monoisotopic (exact) mass is 499 g/mol. The molecule has 32 heavy (non-hydrogen) atoms. The molecule has 1 aromatic heterocycles. The molecule has 3 aromatic rings. The van der Waals surface area contributed by atoms with Crippen LogP contribution in [0.3, 0.4) is 0 Å². The van der Waals surface area contributed by atoms with Crippen LogP contribution in [0.1, 0.15) is 22.0 Å². The lowest BCUT2D eigenvalue weighted by Gasteiger charge is -2.28. The number of Topliss-reactive ketones (excluding diaryl/α,β-unsaturated/α-hetero) is 1. The Bertz CT molecular complexity index is 1240. The maximum Gasteiger partial charge on any atom is 0.355 e. The summed E-state index contributed by atoms with van der Waals surface area (Å²) < 4.78 is 17.8. The number of ketones is 1. The molecule has 2 aromatic carbocycles. The first-order valence-corrected chi connectivity index (χ1v) is 10.2. The van der Waals surface area contributed by atoms with Crippen molar-refractivity contribution >= 4 is 33.6 Å². The van der Waals surface area contributed by atoms with Crippen LogP contribution in [0.25, 0.3) is 0 Å². The highest BCUT2D eigenvalue weighted by atomic mass is 79.9. The highest BCUT2D eigenvalue weighted by molar-refractivity contribution is 9.10. The number of hydrogen-bond acceptors (Lipinski definition) is 9. The van der Waals surface area contributed by atoms with Gasteiger partial charge in [0.1, 0.15) is 11.7 Å². The van der Waals surface area contributed by atoms with Crippen LogP contribution >= 0.6 is 15.9 Å². The molecular formula is C21H18BrN5O5. The van der Waals surface area contributed by atoms with E-state index in [4.69, 9.17) is 14.2 Å². The van der Waals surface area contributed by atoms with Crippen LogP contribution in [0, 0.1) is 0 Å². The van der Waals surface area contributed by atoms with Gasteiger partial charge in [0.05, 0.1) is 26.9 Å². The van der Waals surface area contributed by atoms with Crippen LogP contribution in [-0.2, 0) is 9.53 Å². The third kappa shape index (κ3) is 3.71. The number of fused-ring (bicyclic) bond motifs is 1. The molecule has 0 spiro atoms. The Balaban J connectivity index is 1.94. The number of nitrogens with one attached hydrogen (secondary N) is 1. The number of ether oxygens (including phenoxy) is 3. The first-order chi connectivity index (χ1) is 15.5. The van der Waals surface area contributed by atoms with E-state index in [2.05, 4.69) is 36.8 Å². The lowest BCUT2D eigenvalue weighted by atomic mass is 9.89. The summed E-state index contributed by atoms with van der Waals surface area (Å²) in [5.74, 6) is -0.0870. The molecule has 11 heteroatoms. The van der Waals surface area contributed by atoms with E-state index in [9.17, 15) is 9.59 Å². The Morgan fingerprint density at radius 2 is 1.84 bits per heavy atom. The first-order valence-electron chi connectivity index (χ1n) is 9.38. The van der Waals surface area contributed by atoms with E-state index >= 15 is 0 Å². The van der Waals surface area contributed by atoms with Crippen LogP contribution in [0.15, 0.2) is 58.2 Å². The molecular weight excluding hydrogens is 482 g/mol. The maximum atomic E-state index is 13.8. The second-order valence-electron chi connectivity index (χ2n) is 6.71. The molecule has 0 bridgehead atoms. The molecule has 1 atom stereocenters. The summed E-state index contributed by atoms with van der Waals surface area (Å²) in [5, 5.41) is 14.5. The van der Waals surface area contributed by atoms with Crippen molar-refractivity contribution in [2.24, 2.45) is 0 Å². The molecule has 0 radical (unpaired) electrons. The van der Waals surface area contributed by atoms with Crippen molar-refractivity contribution in [3.63, 3.8) is 0 Å². The fourth-order valence-corrected chi connectivity index (χ4v) is 3.92. The number of benzene rings is 2. The Labute approximate surface area is 191 Å². The van der Waals surface area contributed by atoms with Crippen LogP contribution in [-0.4, -0.2) is 53.3 Å². The Morgan fingerprint density at radius 3 is 2.53 bits per heavy atom. The summed E-state index contributed by atoms with van der Waals surface area (Å²) in [6.45, 7) is 0. The van der Waals surface area contributed by atoms with Crippen molar-refractivity contribution in [2.45, 2.75) is 6.04 Å². The maximum absolute atomic E-state index is 13.8. The zero-order valence-electron chi connectivity index (χ0n) is 17.3. The second-order valence-corrected chi connectivity index (χ2v) is 7.62. The van der Waals surface area contributed by atoms with E-state index in [1.54, 1.807) is 18.2 Å². The number of allylic oxidation sites excluding steroid dienone is 1. The summed E-state index contributed by atoms with van der Waals surface area (Å²) in [7, 11) is 4.22. The summed E-state index contributed by atoms with van der Waals surface area (Å²) in [5.41, 5.74) is 1.07. The van der Waals surface area contributed by atoms with Gasteiger partial charge in [-0.2, -0.15) is 4.68 Å². The molecule has 0 saturated carbocycles. The van der Waals surface area contributed by atoms with Crippen LogP contribution in [0.5, 0.6) is 11.5 Å². The van der Waals surface area contributed by atoms with Crippen LogP contribution in [0.2, 0.25) is 0 Å². The van der Waals surface area contributed by atoms with Gasteiger partial charge in [-0.3, -0.25) is 4.79 Å². The summed E-state index contributed by atoms with van der Waals surface area (Å²) in [4.78, 5) is 26.5. The number of nitrogens with zero attached hydrogens (tertiary/aromatic N) is 4. The van der Waals surface area contributed by atoms with Crippen molar-refractivity contribution in [1.29, 1.82) is 0 Å². The zero-order valence-corrected chi connectivity index (χ0v) is 18.9. The number of carbonyl (C=O) groups excluding carboxylic acids is 2. The predicted molar refractivity (Wildman–Crippen MR) is 117 cm³/mol. The number of hydrogen-bond donors (Lipinski definition) is 1. The molecule has 0 amide bonds. The lowest BCUT2D eigenvalue weighted by Crippen LogP contribution is -2.33. The van der Waals surface area contributed by atoms with E-state index in [0.717, 1.165) is 4.47 Å². The third-order valence-electron chi connectivity index (χ3n) is 4.96. The number of halogens is 1.